The largest absolute Gasteiger partial charge is 0.464 e. The van der Waals surface area contributed by atoms with Gasteiger partial charge in [-0.3, -0.25) is 14.3 Å². The van der Waals surface area contributed by atoms with E-state index in [9.17, 15) is 28.0 Å². The van der Waals surface area contributed by atoms with E-state index in [0.717, 1.165) is 29.2 Å². The number of aryl methyl sites for hydroxylation is 4. The van der Waals surface area contributed by atoms with Gasteiger partial charge in [0.2, 0.25) is 11.4 Å². The lowest BCUT2D eigenvalue weighted by Gasteiger charge is -2.16. The molecule has 0 unspecified atom stereocenters. The number of ether oxygens (including phenoxy) is 1. The summed E-state index contributed by atoms with van der Waals surface area (Å²) >= 11 is 0. The summed E-state index contributed by atoms with van der Waals surface area (Å²) in [6, 6.07) is 8.47. The number of sulfonamides is 1. The van der Waals surface area contributed by atoms with E-state index in [4.69, 9.17) is 10.5 Å². The molecule has 4 rings (SSSR count). The molecule has 0 spiro atoms. The van der Waals surface area contributed by atoms with E-state index in [-0.39, 0.29) is 21.8 Å². The number of pyridine rings is 1. The number of nitrogens with two attached hydrogens (primary N) is 1. The molecular weight excluding hydrogens is 602 g/mol. The second-order valence-corrected chi connectivity index (χ2v) is 12.0. The summed E-state index contributed by atoms with van der Waals surface area (Å²) in [5.41, 5.74) is 7.51. The molecule has 15 heteroatoms. The number of methoxy groups -OCH3 is 1. The van der Waals surface area contributed by atoms with Crippen LogP contribution in [-0.2, 0) is 32.6 Å². The van der Waals surface area contributed by atoms with Gasteiger partial charge in [0, 0.05) is 30.9 Å². The van der Waals surface area contributed by atoms with E-state index in [0.29, 0.717) is 42.7 Å². The van der Waals surface area contributed by atoms with E-state index in [1.807, 2.05) is 6.92 Å². The van der Waals surface area contributed by atoms with Gasteiger partial charge in [-0.2, -0.15) is 4.73 Å². The molecule has 0 atom stereocenters. The predicted molar refractivity (Wildman–Crippen MR) is 167 cm³/mol. The number of anilines is 1. The molecule has 14 nitrogen and oxygen atoms in total. The second-order valence-electron chi connectivity index (χ2n) is 10.4. The maximum absolute atomic E-state index is 13.5. The van der Waals surface area contributed by atoms with Gasteiger partial charge >= 0.3 is 5.97 Å². The van der Waals surface area contributed by atoms with Crippen LogP contribution in [0, 0.1) is 20.8 Å². The van der Waals surface area contributed by atoms with Gasteiger partial charge in [0.25, 0.3) is 15.9 Å². The lowest BCUT2D eigenvalue weighted by molar-refractivity contribution is -0.136. The molecule has 0 aliphatic heterocycles. The average molecular weight is 638 g/mol. The van der Waals surface area contributed by atoms with Crippen molar-refractivity contribution < 1.29 is 28.0 Å². The summed E-state index contributed by atoms with van der Waals surface area (Å²) in [4.78, 5) is 43.3. The highest BCUT2D eigenvalue weighted by atomic mass is 32.2. The third-order valence-corrected chi connectivity index (χ3v) is 8.61. The molecule has 1 amide bonds. The number of fused-ring (bicyclic) bond motifs is 1. The Morgan fingerprint density at radius 3 is 2.47 bits per heavy atom. The fourth-order valence-electron chi connectivity index (χ4n) is 5.00. The van der Waals surface area contributed by atoms with Crippen LogP contribution < -0.4 is 26.5 Å². The first-order chi connectivity index (χ1) is 21.4. The summed E-state index contributed by atoms with van der Waals surface area (Å²) in [5.74, 6) is -1.68. The summed E-state index contributed by atoms with van der Waals surface area (Å²) < 4.78 is 36.1. The van der Waals surface area contributed by atoms with Crippen LogP contribution in [0.3, 0.4) is 0 Å². The number of rotatable bonds is 12. The van der Waals surface area contributed by atoms with Crippen LogP contribution in [0.2, 0.25) is 0 Å². The van der Waals surface area contributed by atoms with Gasteiger partial charge in [-0.15, -0.1) is 0 Å². The van der Waals surface area contributed by atoms with Gasteiger partial charge in [0.15, 0.2) is 5.70 Å². The number of benzene rings is 2. The monoisotopic (exact) mass is 637 g/mol. The standard InChI is InChI=1S/C30H35N7O7S/c1-18-12-19(2)27(20(3)13-18)45(42,43)35-24(29(40)44-4)16-33-28(39)23-17-36(10-5-8-31)25-14-21(6-7-22(25)26(23)38)15-34-30-32-9-11-37(30)41/h6-7,9,11-14,16-17,35,41H,5,8,10,15,31H2,1-4H3,(H,32,34)(H,33,39). The molecule has 0 saturated heterocycles. The molecule has 0 saturated carbocycles. The summed E-state index contributed by atoms with van der Waals surface area (Å²) in [6.45, 7) is 6.15. The van der Waals surface area contributed by atoms with Crippen molar-refractivity contribution >= 4 is 38.8 Å². The molecule has 6 N–H and O–H groups in total. The van der Waals surface area contributed by atoms with Crippen LogP contribution in [0.1, 0.15) is 39.0 Å². The Bertz CT molecular complexity index is 1940. The number of imidazole rings is 1. The zero-order valence-electron chi connectivity index (χ0n) is 25.2. The third kappa shape index (κ3) is 7.33. The van der Waals surface area contributed by atoms with E-state index in [1.54, 1.807) is 48.7 Å². The third-order valence-electron chi connectivity index (χ3n) is 6.94. The molecule has 0 fully saturated rings. The number of amides is 1. The Labute approximate surface area is 259 Å². The minimum Gasteiger partial charge on any atom is -0.464 e. The Morgan fingerprint density at radius 1 is 1.13 bits per heavy atom. The normalized spacial score (nSPS) is 11.8. The van der Waals surface area contributed by atoms with Crippen LogP contribution in [0.25, 0.3) is 10.9 Å². The Morgan fingerprint density at radius 2 is 1.84 bits per heavy atom. The van der Waals surface area contributed by atoms with Crippen LogP contribution in [-0.4, -0.2) is 53.4 Å². The fraction of sp³-hybridized carbons (Fsp3) is 0.267. The van der Waals surface area contributed by atoms with Crippen LogP contribution in [0.4, 0.5) is 5.95 Å². The molecule has 2 heterocycles. The van der Waals surface area contributed by atoms with Gasteiger partial charge in [0.1, 0.15) is 5.56 Å². The van der Waals surface area contributed by atoms with Crippen LogP contribution >= 0.6 is 0 Å². The number of hydrogen-bond acceptors (Lipinski definition) is 10. The highest BCUT2D eigenvalue weighted by Gasteiger charge is 2.25. The smallest absolute Gasteiger partial charge is 0.356 e. The SMILES string of the molecule is COC(=O)C(=CNC(=O)c1cn(CCCN)c2cc(CNc3nccn3O)ccc2c1=O)NS(=O)(=O)c1c(C)cc(C)cc1C. The average Bonchev–Trinajstić information content (AvgIpc) is 3.40. The molecule has 0 bridgehead atoms. The number of esters is 1. The zero-order chi connectivity index (χ0) is 32.9. The number of nitrogens with zero attached hydrogens (tertiary/aromatic N) is 3. The van der Waals surface area contributed by atoms with Crippen molar-refractivity contribution in [3.8, 4) is 0 Å². The number of hydrogen-bond donors (Lipinski definition) is 5. The van der Waals surface area contributed by atoms with Crippen molar-refractivity contribution in [3.63, 3.8) is 0 Å². The zero-order valence-corrected chi connectivity index (χ0v) is 26.1. The lowest BCUT2D eigenvalue weighted by atomic mass is 10.1. The van der Waals surface area contributed by atoms with Gasteiger partial charge < -0.3 is 30.9 Å². The van der Waals surface area contributed by atoms with Gasteiger partial charge in [-0.1, -0.05) is 23.8 Å². The van der Waals surface area contributed by atoms with Gasteiger partial charge in [-0.05, 0) is 62.6 Å². The molecule has 45 heavy (non-hydrogen) atoms. The first kappa shape index (κ1) is 32.8. The van der Waals surface area contributed by atoms with Crippen LogP contribution in [0.15, 0.2) is 70.5 Å². The van der Waals surface area contributed by atoms with Crippen molar-refractivity contribution in [1.82, 2.24) is 24.3 Å². The second kappa shape index (κ2) is 13.7. The lowest BCUT2D eigenvalue weighted by Crippen LogP contribution is -2.33. The molecule has 0 radical (unpaired) electrons. The minimum absolute atomic E-state index is 0.0114. The van der Waals surface area contributed by atoms with Crippen molar-refractivity contribution in [1.29, 1.82) is 0 Å². The van der Waals surface area contributed by atoms with Crippen molar-refractivity contribution in [2.24, 2.45) is 5.73 Å². The van der Waals surface area contributed by atoms with E-state index in [1.165, 1.54) is 18.6 Å². The first-order valence-corrected chi connectivity index (χ1v) is 15.4. The number of carbonyl (C=O) groups excluding carboxylic acids is 2. The Hall–Kier alpha value is -5.15. The van der Waals surface area contributed by atoms with Crippen LogP contribution in [0.5, 0.6) is 0 Å². The van der Waals surface area contributed by atoms with Gasteiger partial charge in [-0.25, -0.2) is 18.2 Å². The molecule has 2 aromatic carbocycles. The van der Waals surface area contributed by atoms with Crippen molar-refractivity contribution in [2.75, 3.05) is 19.0 Å². The molecule has 2 aromatic heterocycles. The summed E-state index contributed by atoms with van der Waals surface area (Å²) in [6.07, 6.45) is 5.61. The summed E-state index contributed by atoms with van der Waals surface area (Å²) in [5, 5.41) is 15.4. The first-order valence-electron chi connectivity index (χ1n) is 13.9. The quantitative estimate of drug-likeness (QED) is 0.0870. The number of nitrogens with one attached hydrogen (secondary N) is 3. The topological polar surface area (TPSA) is 200 Å². The maximum atomic E-state index is 13.5. The van der Waals surface area contributed by atoms with E-state index in [2.05, 4.69) is 20.3 Å². The van der Waals surface area contributed by atoms with E-state index >= 15 is 0 Å². The maximum Gasteiger partial charge on any atom is 0.356 e. The number of aromatic nitrogens is 3. The molecule has 0 aliphatic rings. The van der Waals surface area contributed by atoms with Crippen molar-refractivity contribution in [3.05, 3.63) is 98.9 Å². The highest BCUT2D eigenvalue weighted by Crippen LogP contribution is 2.22. The Balaban J connectivity index is 1.66. The summed E-state index contributed by atoms with van der Waals surface area (Å²) in [7, 11) is -3.19. The molecule has 0 aliphatic carbocycles. The molecule has 238 valence electrons. The van der Waals surface area contributed by atoms with E-state index < -0.39 is 33.0 Å². The molecular formula is C30H35N7O7S. The molecule has 4 aromatic rings. The highest BCUT2D eigenvalue weighted by molar-refractivity contribution is 7.89. The van der Waals surface area contributed by atoms with Crippen molar-refractivity contribution in [2.45, 2.75) is 45.2 Å². The predicted octanol–water partition coefficient (Wildman–Crippen LogP) is 2.04. The fourth-order valence-corrected chi connectivity index (χ4v) is 6.50. The Kier molecular flexibility index (Phi) is 9.94. The number of carbonyl (C=O) groups is 2. The minimum atomic E-state index is -4.26. The van der Waals surface area contributed by atoms with Gasteiger partial charge in [0.05, 0.1) is 29.9 Å².